The van der Waals surface area contributed by atoms with E-state index in [1.807, 2.05) is 6.92 Å². The fourth-order valence-corrected chi connectivity index (χ4v) is 2.16. The number of hydrogen-bond acceptors (Lipinski definition) is 3. The first kappa shape index (κ1) is 11.5. The van der Waals surface area contributed by atoms with Gasteiger partial charge in [-0.1, -0.05) is 11.6 Å². The molecule has 82 valence electrons. The molecule has 15 heavy (non-hydrogen) atoms. The molecule has 5 heteroatoms. The van der Waals surface area contributed by atoms with Crippen molar-refractivity contribution in [3.05, 3.63) is 20.2 Å². The Balaban J connectivity index is 2.14. The maximum absolute atomic E-state index is 6.01. The minimum Gasteiger partial charge on any atom is -0.378 e. The van der Waals surface area contributed by atoms with E-state index in [1.165, 1.54) is 0 Å². The highest BCUT2D eigenvalue weighted by Gasteiger charge is 2.18. The molecule has 0 saturated carbocycles. The van der Waals surface area contributed by atoms with Gasteiger partial charge in [0, 0.05) is 13.0 Å². The average molecular weight is 339 g/mol. The van der Waals surface area contributed by atoms with E-state index < -0.39 is 0 Å². The van der Waals surface area contributed by atoms with Crippen molar-refractivity contribution in [2.24, 2.45) is 0 Å². The average Bonchev–Trinajstić information content (AvgIpc) is 2.66. The second-order valence-corrected chi connectivity index (χ2v) is 5.11. The van der Waals surface area contributed by atoms with E-state index in [1.54, 1.807) is 0 Å². The predicted octanol–water partition coefficient (Wildman–Crippen LogP) is 2.76. The highest BCUT2D eigenvalue weighted by atomic mass is 127. The molecule has 0 N–H and O–H groups in total. The first-order valence-corrected chi connectivity index (χ1v) is 6.42. The predicted molar refractivity (Wildman–Crippen MR) is 67.2 cm³/mol. The van der Waals surface area contributed by atoms with Crippen molar-refractivity contribution in [2.45, 2.75) is 32.3 Å². The first-order chi connectivity index (χ1) is 7.16. The smallest absolute Gasteiger partial charge is 0.146 e. The zero-order chi connectivity index (χ0) is 10.8. The van der Waals surface area contributed by atoms with Crippen LogP contribution in [0.15, 0.2) is 0 Å². The molecule has 2 heterocycles. The van der Waals surface area contributed by atoms with Crippen LogP contribution in [0.2, 0.25) is 5.15 Å². The lowest BCUT2D eigenvalue weighted by molar-refractivity contribution is 0.110. The molecule has 1 aromatic rings. The molecule has 1 saturated heterocycles. The van der Waals surface area contributed by atoms with E-state index in [0.29, 0.717) is 5.15 Å². The van der Waals surface area contributed by atoms with Crippen LogP contribution >= 0.6 is 34.2 Å². The largest absolute Gasteiger partial charge is 0.378 e. The van der Waals surface area contributed by atoms with Gasteiger partial charge in [-0.05, 0) is 42.4 Å². The summed E-state index contributed by atoms with van der Waals surface area (Å²) in [4.78, 5) is 8.68. The Labute approximate surface area is 108 Å². The molecule has 1 aromatic heterocycles. The number of halogens is 2. The summed E-state index contributed by atoms with van der Waals surface area (Å²) in [5, 5.41) is 0.552. The van der Waals surface area contributed by atoms with Gasteiger partial charge in [-0.15, -0.1) is 0 Å². The van der Waals surface area contributed by atoms with Crippen molar-refractivity contribution in [2.75, 3.05) is 6.61 Å². The van der Waals surface area contributed by atoms with Crippen molar-refractivity contribution in [3.8, 4) is 0 Å². The zero-order valence-corrected chi connectivity index (χ0v) is 11.4. The number of aromatic nitrogens is 2. The number of ether oxygens (including phenoxy) is 1. The summed E-state index contributed by atoms with van der Waals surface area (Å²) in [6.45, 7) is 2.82. The molecule has 0 aromatic carbocycles. The van der Waals surface area contributed by atoms with Crippen LogP contribution in [-0.2, 0) is 11.2 Å². The summed E-state index contributed by atoms with van der Waals surface area (Å²) in [6.07, 6.45) is 3.30. The van der Waals surface area contributed by atoms with Gasteiger partial charge in [0.15, 0.2) is 0 Å². The fourth-order valence-electron chi connectivity index (χ4n) is 1.68. The number of nitrogens with zero attached hydrogens (tertiary/aromatic N) is 2. The van der Waals surface area contributed by atoms with E-state index in [4.69, 9.17) is 16.3 Å². The second-order valence-electron chi connectivity index (χ2n) is 3.67. The third-order valence-corrected chi connectivity index (χ3v) is 4.34. The van der Waals surface area contributed by atoms with Crippen molar-refractivity contribution in [3.63, 3.8) is 0 Å². The van der Waals surface area contributed by atoms with Gasteiger partial charge in [-0.2, -0.15) is 0 Å². The van der Waals surface area contributed by atoms with Gasteiger partial charge in [-0.25, -0.2) is 9.97 Å². The fraction of sp³-hybridized carbons (Fsp3) is 0.600. The molecule has 1 unspecified atom stereocenters. The van der Waals surface area contributed by atoms with Gasteiger partial charge in [0.05, 0.1) is 15.4 Å². The van der Waals surface area contributed by atoms with Gasteiger partial charge in [0.2, 0.25) is 0 Å². The molecule has 0 bridgehead atoms. The molecular weight excluding hydrogens is 326 g/mol. The minimum absolute atomic E-state index is 0.278. The molecule has 0 spiro atoms. The van der Waals surface area contributed by atoms with Gasteiger partial charge in [0.25, 0.3) is 0 Å². The molecule has 3 nitrogen and oxygen atoms in total. The maximum Gasteiger partial charge on any atom is 0.146 e. The quantitative estimate of drug-likeness (QED) is 0.614. The van der Waals surface area contributed by atoms with Crippen molar-refractivity contribution in [1.29, 1.82) is 0 Å². The highest BCUT2D eigenvalue weighted by Crippen LogP contribution is 2.21. The Morgan fingerprint density at radius 3 is 2.93 bits per heavy atom. The van der Waals surface area contributed by atoms with Gasteiger partial charge >= 0.3 is 0 Å². The van der Waals surface area contributed by atoms with Gasteiger partial charge in [0.1, 0.15) is 11.0 Å². The van der Waals surface area contributed by atoms with E-state index >= 15 is 0 Å². The number of aryl methyl sites for hydroxylation is 1. The summed E-state index contributed by atoms with van der Waals surface area (Å²) in [7, 11) is 0. The highest BCUT2D eigenvalue weighted by molar-refractivity contribution is 14.1. The van der Waals surface area contributed by atoms with Crippen molar-refractivity contribution in [1.82, 2.24) is 9.97 Å². The molecule has 2 rings (SSSR count). The van der Waals surface area contributed by atoms with E-state index in [-0.39, 0.29) is 6.10 Å². The topological polar surface area (TPSA) is 35.0 Å². The van der Waals surface area contributed by atoms with Gasteiger partial charge in [-0.3, -0.25) is 0 Å². The second kappa shape index (κ2) is 4.93. The molecule has 1 fully saturated rings. The van der Waals surface area contributed by atoms with Crippen molar-refractivity contribution >= 4 is 34.2 Å². The van der Waals surface area contributed by atoms with Crippen LogP contribution in [0, 0.1) is 10.5 Å². The van der Waals surface area contributed by atoms with Crippen LogP contribution in [0.5, 0.6) is 0 Å². The van der Waals surface area contributed by atoms with Crippen LogP contribution in [-0.4, -0.2) is 22.7 Å². The van der Waals surface area contributed by atoms with Crippen LogP contribution < -0.4 is 0 Å². The monoisotopic (exact) mass is 338 g/mol. The third-order valence-electron chi connectivity index (χ3n) is 2.46. The Morgan fingerprint density at radius 1 is 1.53 bits per heavy atom. The first-order valence-electron chi connectivity index (χ1n) is 4.97. The molecule has 0 radical (unpaired) electrons. The Hall–Kier alpha value is 0.0600. The molecule has 1 aliphatic heterocycles. The van der Waals surface area contributed by atoms with Crippen molar-refractivity contribution < 1.29 is 4.74 Å². The summed E-state index contributed by atoms with van der Waals surface area (Å²) in [5.74, 6) is 0.796. The van der Waals surface area contributed by atoms with Crippen LogP contribution in [0.25, 0.3) is 0 Å². The van der Waals surface area contributed by atoms with Gasteiger partial charge < -0.3 is 4.74 Å². The molecule has 1 aliphatic rings. The zero-order valence-electron chi connectivity index (χ0n) is 8.46. The summed E-state index contributed by atoms with van der Waals surface area (Å²) >= 11 is 8.17. The Morgan fingerprint density at radius 2 is 2.33 bits per heavy atom. The standard InChI is InChI=1S/C10H12ClIN2O/c1-6-9(12)10(11)14-8(13-6)5-7-3-2-4-15-7/h7H,2-5H2,1H3. The summed E-state index contributed by atoms with van der Waals surface area (Å²) in [6, 6.07) is 0. The van der Waals surface area contributed by atoms with Crippen LogP contribution in [0.4, 0.5) is 0 Å². The molecule has 0 amide bonds. The lowest BCUT2D eigenvalue weighted by atomic mass is 10.2. The normalized spacial score (nSPS) is 20.9. The summed E-state index contributed by atoms with van der Waals surface area (Å²) < 4.78 is 6.48. The lowest BCUT2D eigenvalue weighted by Crippen LogP contribution is -2.12. The van der Waals surface area contributed by atoms with E-state index in [9.17, 15) is 0 Å². The Bertz CT molecular complexity index is 343. The SMILES string of the molecule is Cc1nc(CC2CCCO2)nc(Cl)c1I. The number of rotatable bonds is 2. The number of hydrogen-bond donors (Lipinski definition) is 0. The molecular formula is C10H12ClIN2O. The van der Waals surface area contributed by atoms with E-state index in [0.717, 1.165) is 41.0 Å². The third kappa shape index (κ3) is 2.79. The lowest BCUT2D eigenvalue weighted by Gasteiger charge is -2.09. The molecule has 0 aliphatic carbocycles. The molecule has 1 atom stereocenters. The van der Waals surface area contributed by atoms with Crippen LogP contribution in [0.1, 0.15) is 24.4 Å². The van der Waals surface area contributed by atoms with E-state index in [2.05, 4.69) is 32.6 Å². The minimum atomic E-state index is 0.278. The van der Waals surface area contributed by atoms with Crippen LogP contribution in [0.3, 0.4) is 0 Å². The Kier molecular flexibility index (Phi) is 3.79. The maximum atomic E-state index is 6.01. The summed E-state index contributed by atoms with van der Waals surface area (Å²) in [5.41, 5.74) is 0.948.